The lowest BCUT2D eigenvalue weighted by Crippen LogP contribution is -2.30. The molecule has 0 aliphatic carbocycles. The Morgan fingerprint density at radius 2 is 1.88 bits per heavy atom. The van der Waals surface area contributed by atoms with E-state index in [1.54, 1.807) is 24.3 Å². The number of aromatic amines is 1. The van der Waals surface area contributed by atoms with Gasteiger partial charge in [-0.25, -0.2) is 0 Å². The van der Waals surface area contributed by atoms with E-state index >= 15 is 0 Å². The van der Waals surface area contributed by atoms with Crippen molar-refractivity contribution in [3.05, 3.63) is 64.1 Å². The lowest BCUT2D eigenvalue weighted by molar-refractivity contribution is 0.219. The van der Waals surface area contributed by atoms with Gasteiger partial charge in [0.25, 0.3) is 0 Å². The number of hydrogen-bond donors (Lipinski definition) is 2. The van der Waals surface area contributed by atoms with Crippen molar-refractivity contribution >= 4 is 13.3 Å². The van der Waals surface area contributed by atoms with E-state index < -0.39 is 6.10 Å². The van der Waals surface area contributed by atoms with Gasteiger partial charge in [-0.05, 0) is 17.2 Å². The monoisotopic (exact) mass is 211 g/mol. The van der Waals surface area contributed by atoms with Crippen LogP contribution in [0.2, 0.25) is 0 Å². The van der Waals surface area contributed by atoms with Crippen LogP contribution in [0.1, 0.15) is 17.2 Å². The maximum absolute atomic E-state index is 11.7. The Morgan fingerprint density at radius 1 is 1.19 bits per heavy atom. The standard InChI is InChI=1S/C12H10BNO2/c13-10-7-14-6-9(12(10)16)11(15)8-4-2-1-3-5-8/h1-7,11,15H,(H,14,16). The summed E-state index contributed by atoms with van der Waals surface area (Å²) in [5.41, 5.74) is 0.687. The lowest BCUT2D eigenvalue weighted by Gasteiger charge is -2.10. The van der Waals surface area contributed by atoms with Crippen molar-refractivity contribution in [3.63, 3.8) is 0 Å². The third-order valence-corrected chi connectivity index (χ3v) is 2.41. The van der Waals surface area contributed by atoms with Crippen molar-refractivity contribution in [2.45, 2.75) is 6.10 Å². The minimum absolute atomic E-state index is 0.104. The Kier molecular flexibility index (Phi) is 2.92. The topological polar surface area (TPSA) is 53.1 Å². The number of aromatic nitrogens is 1. The average Bonchev–Trinajstić information content (AvgIpc) is 2.33. The fourth-order valence-electron chi connectivity index (χ4n) is 1.54. The quantitative estimate of drug-likeness (QED) is 0.699. The summed E-state index contributed by atoms with van der Waals surface area (Å²) in [6, 6.07) is 8.97. The Labute approximate surface area is 94.2 Å². The molecule has 2 radical (unpaired) electrons. The van der Waals surface area contributed by atoms with E-state index in [0.717, 1.165) is 0 Å². The minimum Gasteiger partial charge on any atom is -0.383 e. The molecular weight excluding hydrogens is 201 g/mol. The number of pyridine rings is 1. The van der Waals surface area contributed by atoms with Gasteiger partial charge in [-0.1, -0.05) is 30.3 Å². The second kappa shape index (κ2) is 4.37. The normalized spacial score (nSPS) is 12.3. The number of H-pyrrole nitrogens is 1. The SMILES string of the molecule is [B]c1c[nH]cc(C(O)c2ccccc2)c1=O. The van der Waals surface area contributed by atoms with Crippen molar-refractivity contribution in [1.29, 1.82) is 0 Å². The van der Waals surface area contributed by atoms with Crippen LogP contribution in [-0.4, -0.2) is 17.9 Å². The van der Waals surface area contributed by atoms with Gasteiger partial charge in [0, 0.05) is 11.8 Å². The van der Waals surface area contributed by atoms with E-state index in [2.05, 4.69) is 4.98 Å². The van der Waals surface area contributed by atoms with E-state index in [1.165, 1.54) is 12.4 Å². The highest BCUT2D eigenvalue weighted by Crippen LogP contribution is 2.17. The fraction of sp³-hybridized carbons (Fsp3) is 0.0833. The molecular formula is C12H10BNO2. The molecule has 1 aromatic carbocycles. The van der Waals surface area contributed by atoms with Gasteiger partial charge in [0.1, 0.15) is 14.0 Å². The maximum atomic E-state index is 11.7. The zero-order valence-corrected chi connectivity index (χ0v) is 8.55. The van der Waals surface area contributed by atoms with Crippen LogP contribution in [0, 0.1) is 0 Å². The van der Waals surface area contributed by atoms with Crippen molar-refractivity contribution in [1.82, 2.24) is 4.98 Å². The molecule has 2 aromatic rings. The Bertz CT molecular complexity index is 536. The van der Waals surface area contributed by atoms with Gasteiger partial charge in [-0.3, -0.25) is 4.79 Å². The molecule has 1 heterocycles. The summed E-state index contributed by atoms with van der Waals surface area (Å²) in [6.07, 6.45) is 1.92. The highest BCUT2D eigenvalue weighted by atomic mass is 16.3. The molecule has 1 atom stereocenters. The molecule has 4 heteroatoms. The Morgan fingerprint density at radius 3 is 2.56 bits per heavy atom. The first-order chi connectivity index (χ1) is 7.70. The number of rotatable bonds is 2. The molecule has 2 rings (SSSR count). The zero-order chi connectivity index (χ0) is 11.5. The Balaban J connectivity index is 2.46. The molecule has 3 nitrogen and oxygen atoms in total. The summed E-state index contributed by atoms with van der Waals surface area (Å²) in [5, 5.41) is 10.0. The summed E-state index contributed by atoms with van der Waals surface area (Å²) in [7, 11) is 5.48. The average molecular weight is 211 g/mol. The van der Waals surface area contributed by atoms with Gasteiger partial charge in [0.2, 0.25) is 0 Å². The third-order valence-electron chi connectivity index (χ3n) is 2.41. The zero-order valence-electron chi connectivity index (χ0n) is 8.55. The molecule has 1 aromatic heterocycles. The lowest BCUT2D eigenvalue weighted by atomic mass is 9.93. The first-order valence-corrected chi connectivity index (χ1v) is 4.89. The van der Waals surface area contributed by atoms with Crippen LogP contribution >= 0.6 is 0 Å². The predicted molar refractivity (Wildman–Crippen MR) is 63.0 cm³/mol. The van der Waals surface area contributed by atoms with Gasteiger partial charge in [0.15, 0.2) is 5.43 Å². The van der Waals surface area contributed by atoms with Crippen LogP contribution in [0.25, 0.3) is 0 Å². The van der Waals surface area contributed by atoms with E-state index in [9.17, 15) is 9.90 Å². The van der Waals surface area contributed by atoms with Crippen LogP contribution in [0.15, 0.2) is 47.5 Å². The van der Waals surface area contributed by atoms with Gasteiger partial charge in [-0.2, -0.15) is 0 Å². The molecule has 1 unspecified atom stereocenters. The van der Waals surface area contributed by atoms with Crippen LogP contribution in [0.5, 0.6) is 0 Å². The molecule has 78 valence electrons. The largest absolute Gasteiger partial charge is 0.383 e. The molecule has 16 heavy (non-hydrogen) atoms. The smallest absolute Gasteiger partial charge is 0.180 e. The molecule has 0 fully saturated rings. The van der Waals surface area contributed by atoms with Crippen molar-refractivity contribution in [3.8, 4) is 0 Å². The van der Waals surface area contributed by atoms with Crippen LogP contribution in [-0.2, 0) is 0 Å². The van der Waals surface area contributed by atoms with Crippen molar-refractivity contribution < 1.29 is 5.11 Å². The van der Waals surface area contributed by atoms with Crippen LogP contribution in [0.3, 0.4) is 0 Å². The van der Waals surface area contributed by atoms with Crippen LogP contribution in [0.4, 0.5) is 0 Å². The van der Waals surface area contributed by atoms with Gasteiger partial charge >= 0.3 is 0 Å². The van der Waals surface area contributed by atoms with Gasteiger partial charge in [-0.15, -0.1) is 0 Å². The fourth-order valence-corrected chi connectivity index (χ4v) is 1.54. The second-order valence-electron chi connectivity index (χ2n) is 3.51. The van der Waals surface area contributed by atoms with Crippen molar-refractivity contribution in [2.24, 2.45) is 0 Å². The summed E-state index contributed by atoms with van der Waals surface area (Å²) in [4.78, 5) is 14.4. The highest BCUT2D eigenvalue weighted by molar-refractivity contribution is 6.31. The predicted octanol–water partition coefficient (Wildman–Crippen LogP) is 0.250. The van der Waals surface area contributed by atoms with Crippen molar-refractivity contribution in [2.75, 3.05) is 0 Å². The minimum atomic E-state index is -0.951. The van der Waals surface area contributed by atoms with E-state index in [1.807, 2.05) is 6.07 Å². The summed E-state index contributed by atoms with van der Waals surface area (Å²) in [5.74, 6) is 0. The first-order valence-electron chi connectivity index (χ1n) is 4.89. The second-order valence-corrected chi connectivity index (χ2v) is 3.51. The number of nitrogens with one attached hydrogen (secondary N) is 1. The van der Waals surface area contributed by atoms with E-state index in [4.69, 9.17) is 7.85 Å². The van der Waals surface area contributed by atoms with E-state index in [0.29, 0.717) is 5.56 Å². The molecule has 0 saturated carbocycles. The molecule has 2 N–H and O–H groups in total. The molecule has 0 spiro atoms. The van der Waals surface area contributed by atoms with E-state index in [-0.39, 0.29) is 16.5 Å². The summed E-state index contributed by atoms with van der Waals surface area (Å²) in [6.45, 7) is 0. The highest BCUT2D eigenvalue weighted by Gasteiger charge is 2.13. The first kappa shape index (κ1) is 10.7. The number of hydrogen-bond acceptors (Lipinski definition) is 2. The number of aliphatic hydroxyl groups excluding tert-OH is 1. The molecule has 0 bridgehead atoms. The Hall–Kier alpha value is -1.81. The van der Waals surface area contributed by atoms with Gasteiger partial charge in [0.05, 0.1) is 0 Å². The molecule has 0 aliphatic heterocycles. The van der Waals surface area contributed by atoms with Gasteiger partial charge < -0.3 is 10.1 Å². The maximum Gasteiger partial charge on any atom is 0.180 e. The van der Waals surface area contributed by atoms with Crippen LogP contribution < -0.4 is 10.9 Å². The summed E-state index contributed by atoms with van der Waals surface area (Å²) >= 11 is 0. The molecule has 0 saturated heterocycles. The number of benzene rings is 1. The molecule has 0 amide bonds. The summed E-state index contributed by atoms with van der Waals surface area (Å²) < 4.78 is 0. The molecule has 0 aliphatic rings. The third kappa shape index (κ3) is 1.92. The number of aliphatic hydroxyl groups is 1.